The first-order valence-electron chi connectivity index (χ1n) is 5.81. The topological polar surface area (TPSA) is 20.2 Å². The van der Waals surface area contributed by atoms with Crippen LogP contribution in [0.15, 0.2) is 60.7 Å². The van der Waals surface area contributed by atoms with Crippen molar-refractivity contribution in [3.05, 3.63) is 71.8 Å². The van der Waals surface area contributed by atoms with E-state index in [9.17, 15) is 5.11 Å². The molecule has 0 spiro atoms. The van der Waals surface area contributed by atoms with Crippen LogP contribution < -0.4 is 0 Å². The summed E-state index contributed by atoms with van der Waals surface area (Å²) in [5, 5.41) is 9.70. The van der Waals surface area contributed by atoms with Gasteiger partial charge in [-0.2, -0.15) is 10.9 Å². The van der Waals surface area contributed by atoms with Gasteiger partial charge in [-0.05, 0) is 23.3 Å². The Hall–Kier alpha value is -1.32. The fraction of sp³-hybridized carbons (Fsp3) is 0.133. The Kier molecular flexibility index (Phi) is 4.79. The van der Waals surface area contributed by atoms with Gasteiger partial charge in [-0.15, -0.1) is 0 Å². The van der Waals surface area contributed by atoms with E-state index in [1.807, 2.05) is 36.4 Å². The zero-order chi connectivity index (χ0) is 12.8. The lowest BCUT2D eigenvalue weighted by Crippen LogP contribution is -2.01. The third kappa shape index (κ3) is 3.86. The van der Waals surface area contributed by atoms with Crippen molar-refractivity contribution in [2.45, 2.75) is 11.5 Å². The Balaban J connectivity index is 2.08. The zero-order valence-corrected chi connectivity index (χ0v) is 11.7. The molecule has 1 nitrogen and oxygen atoms in total. The first-order chi connectivity index (χ1) is 8.75. The molecule has 0 saturated carbocycles. The molecule has 0 fully saturated rings. The molecule has 0 bridgehead atoms. The molecule has 0 amide bonds. The molecule has 0 aliphatic heterocycles. The molecular formula is C15H16OS2. The zero-order valence-electron chi connectivity index (χ0n) is 9.99. The average molecular weight is 276 g/mol. The summed E-state index contributed by atoms with van der Waals surface area (Å²) < 4.78 is 0.165. The highest BCUT2D eigenvalue weighted by molar-refractivity contribution is 8.34. The van der Waals surface area contributed by atoms with Crippen LogP contribution in [0.4, 0.5) is 0 Å². The van der Waals surface area contributed by atoms with Crippen LogP contribution in [0.1, 0.15) is 11.1 Å². The maximum absolute atomic E-state index is 9.70. The SMILES string of the molecule is OC(=S)[SH](Cc1ccccc1)Cc1ccccc1. The lowest BCUT2D eigenvalue weighted by molar-refractivity contribution is 0.584. The molecule has 2 aromatic rings. The number of hydrogen-bond donors (Lipinski definition) is 2. The molecule has 0 unspecified atom stereocenters. The van der Waals surface area contributed by atoms with E-state index >= 15 is 0 Å². The van der Waals surface area contributed by atoms with Crippen LogP contribution in [0.5, 0.6) is 0 Å². The van der Waals surface area contributed by atoms with E-state index in [0.29, 0.717) is 0 Å². The van der Waals surface area contributed by atoms with Crippen molar-refractivity contribution in [1.29, 1.82) is 0 Å². The standard InChI is InChI=1S/C15H16OS2/c16-15(17)18(11-13-7-3-1-4-8-13)12-14-9-5-2-6-10-14/h1-10,18H,11-12H2,(H,16,17). The maximum atomic E-state index is 9.70. The van der Waals surface area contributed by atoms with Gasteiger partial charge in [-0.3, -0.25) is 0 Å². The van der Waals surface area contributed by atoms with Gasteiger partial charge in [0.1, 0.15) is 0 Å². The van der Waals surface area contributed by atoms with E-state index in [1.54, 1.807) is 0 Å². The Morgan fingerprint density at radius 2 is 1.22 bits per heavy atom. The van der Waals surface area contributed by atoms with Crippen molar-refractivity contribution in [3.8, 4) is 0 Å². The Morgan fingerprint density at radius 3 is 1.56 bits per heavy atom. The number of thiol groups is 1. The van der Waals surface area contributed by atoms with Crippen molar-refractivity contribution in [2.24, 2.45) is 0 Å². The van der Waals surface area contributed by atoms with Crippen LogP contribution in [0.2, 0.25) is 0 Å². The average Bonchev–Trinajstić information content (AvgIpc) is 2.40. The maximum Gasteiger partial charge on any atom is 0.197 e. The summed E-state index contributed by atoms with van der Waals surface area (Å²) in [6.45, 7) is 0. The Bertz CT molecular complexity index is 455. The number of rotatable bonds is 4. The van der Waals surface area contributed by atoms with Crippen LogP contribution in [-0.4, -0.2) is 9.49 Å². The van der Waals surface area contributed by atoms with Crippen molar-refractivity contribution in [2.75, 3.05) is 0 Å². The molecule has 0 heterocycles. The Labute approximate surface area is 116 Å². The summed E-state index contributed by atoms with van der Waals surface area (Å²) in [5.74, 6) is 1.70. The summed E-state index contributed by atoms with van der Waals surface area (Å²) in [6.07, 6.45) is 0. The predicted octanol–water partition coefficient (Wildman–Crippen LogP) is 4.23. The molecule has 0 aliphatic carbocycles. The first-order valence-corrected chi connectivity index (χ1v) is 7.93. The van der Waals surface area contributed by atoms with E-state index in [4.69, 9.17) is 12.2 Å². The number of aliphatic hydroxyl groups excluding tert-OH is 1. The van der Waals surface area contributed by atoms with Crippen LogP contribution in [0.25, 0.3) is 0 Å². The molecule has 0 atom stereocenters. The fourth-order valence-corrected chi connectivity index (χ4v) is 3.87. The van der Waals surface area contributed by atoms with E-state index < -0.39 is 10.9 Å². The number of thiocarbonyl (C=S) groups is 1. The van der Waals surface area contributed by atoms with Gasteiger partial charge in [0.2, 0.25) is 0 Å². The number of benzene rings is 2. The Morgan fingerprint density at radius 1 is 0.833 bits per heavy atom. The predicted molar refractivity (Wildman–Crippen MR) is 84.5 cm³/mol. The minimum absolute atomic E-state index is 0.165. The van der Waals surface area contributed by atoms with E-state index in [0.717, 1.165) is 11.5 Å². The quantitative estimate of drug-likeness (QED) is 0.644. The van der Waals surface area contributed by atoms with Crippen LogP contribution >= 0.6 is 23.1 Å². The van der Waals surface area contributed by atoms with Crippen molar-refractivity contribution in [1.82, 2.24) is 0 Å². The third-order valence-electron chi connectivity index (χ3n) is 2.70. The lowest BCUT2D eigenvalue weighted by Gasteiger charge is -2.19. The summed E-state index contributed by atoms with van der Waals surface area (Å²) in [7, 11) is -0.685. The van der Waals surface area contributed by atoms with Gasteiger partial charge in [0.15, 0.2) is 4.38 Å². The van der Waals surface area contributed by atoms with Crippen molar-refractivity contribution < 1.29 is 5.11 Å². The van der Waals surface area contributed by atoms with Gasteiger partial charge in [-0.25, -0.2) is 0 Å². The molecule has 1 N–H and O–H groups in total. The van der Waals surface area contributed by atoms with E-state index in [1.165, 1.54) is 11.1 Å². The molecular weight excluding hydrogens is 260 g/mol. The third-order valence-corrected chi connectivity index (χ3v) is 5.51. The fourth-order valence-electron chi connectivity index (χ4n) is 1.80. The minimum atomic E-state index is -0.685. The molecule has 0 aromatic heterocycles. The largest absolute Gasteiger partial charge is 0.495 e. The van der Waals surface area contributed by atoms with E-state index in [2.05, 4.69) is 24.3 Å². The number of hydrogen-bond acceptors (Lipinski definition) is 1. The number of aliphatic hydroxyl groups is 1. The minimum Gasteiger partial charge on any atom is -0.495 e. The van der Waals surface area contributed by atoms with Crippen LogP contribution in [0, 0.1) is 0 Å². The normalized spacial score (nSPS) is 11.0. The molecule has 0 radical (unpaired) electrons. The lowest BCUT2D eigenvalue weighted by atomic mass is 10.2. The summed E-state index contributed by atoms with van der Waals surface area (Å²) in [4.78, 5) is 0. The molecule has 3 heteroatoms. The molecule has 0 aliphatic rings. The van der Waals surface area contributed by atoms with Crippen LogP contribution in [0.3, 0.4) is 0 Å². The monoisotopic (exact) mass is 276 g/mol. The highest BCUT2D eigenvalue weighted by Crippen LogP contribution is 2.35. The summed E-state index contributed by atoms with van der Waals surface area (Å²) in [6, 6.07) is 20.4. The second-order valence-electron chi connectivity index (χ2n) is 4.11. The van der Waals surface area contributed by atoms with Gasteiger partial charge in [-0.1, -0.05) is 60.7 Å². The van der Waals surface area contributed by atoms with E-state index in [-0.39, 0.29) is 4.38 Å². The molecule has 94 valence electrons. The smallest absolute Gasteiger partial charge is 0.197 e. The molecule has 2 rings (SSSR count). The van der Waals surface area contributed by atoms with Crippen LogP contribution in [-0.2, 0) is 11.5 Å². The second-order valence-corrected chi connectivity index (χ2v) is 6.93. The van der Waals surface area contributed by atoms with Gasteiger partial charge >= 0.3 is 0 Å². The molecule has 18 heavy (non-hydrogen) atoms. The first kappa shape index (κ1) is 13.1. The summed E-state index contributed by atoms with van der Waals surface area (Å²) >= 11 is 5.00. The molecule has 2 aromatic carbocycles. The van der Waals surface area contributed by atoms with Gasteiger partial charge in [0.25, 0.3) is 0 Å². The van der Waals surface area contributed by atoms with Gasteiger partial charge in [0, 0.05) is 11.5 Å². The highest BCUT2D eigenvalue weighted by atomic mass is 32.2. The molecule has 0 saturated heterocycles. The highest BCUT2D eigenvalue weighted by Gasteiger charge is 2.10. The van der Waals surface area contributed by atoms with Crippen molar-refractivity contribution >= 4 is 27.5 Å². The van der Waals surface area contributed by atoms with Gasteiger partial charge in [0.05, 0.1) is 0 Å². The summed E-state index contributed by atoms with van der Waals surface area (Å²) in [5.41, 5.74) is 2.46. The second kappa shape index (κ2) is 6.57. The van der Waals surface area contributed by atoms with Gasteiger partial charge < -0.3 is 5.11 Å². The van der Waals surface area contributed by atoms with Crippen molar-refractivity contribution in [3.63, 3.8) is 0 Å².